The van der Waals surface area contributed by atoms with Gasteiger partial charge in [0.1, 0.15) is 0 Å². The highest BCUT2D eigenvalue weighted by atomic mass is 32.2. The Morgan fingerprint density at radius 3 is 2.60 bits per heavy atom. The first kappa shape index (κ1) is 18.6. The van der Waals surface area contributed by atoms with Gasteiger partial charge in [-0.3, -0.25) is 0 Å². The predicted octanol–water partition coefficient (Wildman–Crippen LogP) is 2.58. The zero-order valence-corrected chi connectivity index (χ0v) is 15.1. The van der Waals surface area contributed by atoms with Crippen LogP contribution >= 0.6 is 0 Å². The summed E-state index contributed by atoms with van der Waals surface area (Å²) in [5.41, 5.74) is 0. The normalized spacial score (nSPS) is 20.9. The fraction of sp³-hybridized carbons (Fsp3) is 0.647. The first-order valence-corrected chi connectivity index (χ1v) is 10.1. The molecule has 0 unspecified atom stereocenters. The molecule has 1 saturated heterocycles. The molecule has 0 atom stereocenters. The van der Waals surface area contributed by atoms with Crippen LogP contribution in [0.4, 0.5) is 4.39 Å². The van der Waals surface area contributed by atoms with Crippen molar-refractivity contribution in [3.8, 4) is 5.75 Å². The summed E-state index contributed by atoms with van der Waals surface area (Å²) < 4.78 is 57.8. The minimum absolute atomic E-state index is 0.0160. The number of sulfonamides is 1. The molecule has 8 heteroatoms. The average Bonchev–Trinajstić information content (AvgIpc) is 3.21. The van der Waals surface area contributed by atoms with Crippen molar-refractivity contribution in [1.82, 2.24) is 4.72 Å². The third-order valence-corrected chi connectivity index (χ3v) is 6.04. The van der Waals surface area contributed by atoms with Gasteiger partial charge < -0.3 is 14.2 Å². The smallest absolute Gasteiger partial charge is 0.240 e. The second-order valence-electron chi connectivity index (χ2n) is 6.60. The molecule has 2 fully saturated rings. The van der Waals surface area contributed by atoms with Crippen LogP contribution in [0, 0.1) is 5.82 Å². The number of hydrogen-bond acceptors (Lipinski definition) is 5. The van der Waals surface area contributed by atoms with E-state index in [0.29, 0.717) is 19.6 Å². The largest absolute Gasteiger partial charge is 0.487 e. The molecule has 1 aromatic rings. The van der Waals surface area contributed by atoms with Gasteiger partial charge in [0.25, 0.3) is 0 Å². The summed E-state index contributed by atoms with van der Waals surface area (Å²) >= 11 is 0. The van der Waals surface area contributed by atoms with Gasteiger partial charge in [0.15, 0.2) is 17.4 Å². The van der Waals surface area contributed by atoms with E-state index in [1.54, 1.807) is 6.92 Å². The highest BCUT2D eigenvalue weighted by Crippen LogP contribution is 2.27. The molecule has 1 N–H and O–H groups in total. The number of hydrogen-bond donors (Lipinski definition) is 1. The topological polar surface area (TPSA) is 73.9 Å². The van der Waals surface area contributed by atoms with Gasteiger partial charge in [-0.15, -0.1) is 0 Å². The molecule has 2 aliphatic rings. The number of rotatable bonds is 7. The zero-order chi connectivity index (χ0) is 17.9. The minimum Gasteiger partial charge on any atom is -0.487 e. The van der Waals surface area contributed by atoms with Gasteiger partial charge in [-0.1, -0.05) is 0 Å². The van der Waals surface area contributed by atoms with Crippen LogP contribution in [0.25, 0.3) is 0 Å². The molecule has 1 aliphatic carbocycles. The van der Waals surface area contributed by atoms with Crippen molar-refractivity contribution in [2.75, 3.05) is 19.8 Å². The van der Waals surface area contributed by atoms with E-state index in [4.69, 9.17) is 14.2 Å². The van der Waals surface area contributed by atoms with Gasteiger partial charge in [-0.05, 0) is 50.8 Å². The lowest BCUT2D eigenvalue weighted by Crippen LogP contribution is -2.33. The molecule has 1 saturated carbocycles. The minimum atomic E-state index is -3.80. The summed E-state index contributed by atoms with van der Waals surface area (Å²) in [5, 5.41) is 0. The molecule has 1 aliphatic heterocycles. The van der Waals surface area contributed by atoms with Crippen molar-refractivity contribution in [2.24, 2.45) is 0 Å². The summed E-state index contributed by atoms with van der Waals surface area (Å²) in [7, 11) is -3.80. The quantitative estimate of drug-likeness (QED) is 0.795. The maximum Gasteiger partial charge on any atom is 0.240 e. The van der Waals surface area contributed by atoms with Gasteiger partial charge in [0.05, 0.1) is 24.2 Å². The van der Waals surface area contributed by atoms with Crippen LogP contribution in [0.2, 0.25) is 0 Å². The molecular weight excluding hydrogens is 349 g/mol. The highest BCUT2D eigenvalue weighted by molar-refractivity contribution is 7.89. The Hall–Kier alpha value is -1.22. The summed E-state index contributed by atoms with van der Waals surface area (Å²) in [6.45, 7) is 2.90. The fourth-order valence-electron chi connectivity index (χ4n) is 3.13. The van der Waals surface area contributed by atoms with E-state index in [1.165, 1.54) is 12.1 Å². The summed E-state index contributed by atoms with van der Waals surface area (Å²) in [4.78, 5) is -0.123. The lowest BCUT2D eigenvalue weighted by molar-refractivity contribution is -0.145. The van der Waals surface area contributed by atoms with Crippen LogP contribution in [0.15, 0.2) is 23.1 Å². The molecule has 0 bridgehead atoms. The SMILES string of the molecule is CC1(CCNS(=O)(=O)c2ccc(OC3CCCC3)c(F)c2)OCCO1. The molecule has 1 heterocycles. The van der Waals surface area contributed by atoms with Crippen LogP contribution < -0.4 is 9.46 Å². The van der Waals surface area contributed by atoms with Crippen LogP contribution in [0.5, 0.6) is 5.75 Å². The highest BCUT2D eigenvalue weighted by Gasteiger charge is 2.31. The lowest BCUT2D eigenvalue weighted by atomic mass is 10.2. The number of nitrogens with one attached hydrogen (secondary N) is 1. The van der Waals surface area contributed by atoms with Gasteiger partial charge in [-0.25, -0.2) is 17.5 Å². The van der Waals surface area contributed by atoms with Crippen molar-refractivity contribution < 1.29 is 27.0 Å². The van der Waals surface area contributed by atoms with E-state index < -0.39 is 21.6 Å². The number of halogens is 1. The summed E-state index contributed by atoms with van der Waals surface area (Å²) in [6.07, 6.45) is 4.36. The molecule has 0 amide bonds. The number of benzene rings is 1. The lowest BCUT2D eigenvalue weighted by Gasteiger charge is -2.22. The zero-order valence-electron chi connectivity index (χ0n) is 14.3. The van der Waals surface area contributed by atoms with Crippen LogP contribution in [0.3, 0.4) is 0 Å². The maximum atomic E-state index is 14.2. The first-order chi connectivity index (χ1) is 11.9. The maximum absolute atomic E-state index is 14.2. The molecule has 140 valence electrons. The van der Waals surface area contributed by atoms with Crippen molar-refractivity contribution in [3.63, 3.8) is 0 Å². The van der Waals surface area contributed by atoms with E-state index in [-0.39, 0.29) is 23.3 Å². The Bertz CT molecular complexity index is 697. The van der Waals surface area contributed by atoms with Gasteiger partial charge in [0.2, 0.25) is 10.0 Å². The van der Waals surface area contributed by atoms with Gasteiger partial charge in [-0.2, -0.15) is 0 Å². The van der Waals surface area contributed by atoms with Crippen molar-refractivity contribution in [1.29, 1.82) is 0 Å². The Kier molecular flexibility index (Phi) is 5.62. The summed E-state index contributed by atoms with van der Waals surface area (Å²) in [6, 6.07) is 3.74. The molecule has 0 aromatic heterocycles. The third kappa shape index (κ3) is 4.69. The van der Waals surface area contributed by atoms with Crippen LogP contribution in [-0.2, 0) is 19.5 Å². The summed E-state index contributed by atoms with van der Waals surface area (Å²) in [5.74, 6) is -1.33. The monoisotopic (exact) mass is 373 g/mol. The van der Waals surface area contributed by atoms with E-state index in [2.05, 4.69) is 4.72 Å². The fourth-order valence-corrected chi connectivity index (χ4v) is 4.17. The molecule has 25 heavy (non-hydrogen) atoms. The van der Waals surface area contributed by atoms with Gasteiger partial charge >= 0.3 is 0 Å². The molecule has 1 aromatic carbocycles. The van der Waals surface area contributed by atoms with E-state index in [0.717, 1.165) is 31.7 Å². The Labute approximate surface area is 147 Å². The molecule has 6 nitrogen and oxygen atoms in total. The second-order valence-corrected chi connectivity index (χ2v) is 8.36. The average molecular weight is 373 g/mol. The molecule has 3 rings (SSSR count). The standard InChI is InChI=1S/C17H24FNO5S/c1-17(22-10-11-23-17)8-9-19-25(20,21)14-6-7-16(15(18)12-14)24-13-4-2-3-5-13/h6-7,12-13,19H,2-5,8-11H2,1H3. The predicted molar refractivity (Wildman–Crippen MR) is 89.4 cm³/mol. The molecular formula is C17H24FNO5S. The molecule has 0 spiro atoms. The van der Waals surface area contributed by atoms with E-state index in [1.807, 2.05) is 0 Å². The van der Waals surface area contributed by atoms with Crippen LogP contribution in [0.1, 0.15) is 39.0 Å². The van der Waals surface area contributed by atoms with Gasteiger partial charge in [0, 0.05) is 13.0 Å². The van der Waals surface area contributed by atoms with Crippen molar-refractivity contribution in [3.05, 3.63) is 24.0 Å². The second kappa shape index (κ2) is 7.57. The van der Waals surface area contributed by atoms with Crippen molar-refractivity contribution >= 4 is 10.0 Å². The third-order valence-electron chi connectivity index (χ3n) is 4.58. The Morgan fingerprint density at radius 2 is 1.96 bits per heavy atom. The first-order valence-electron chi connectivity index (χ1n) is 8.62. The Balaban J connectivity index is 1.60. The number of ether oxygens (including phenoxy) is 3. The Morgan fingerprint density at radius 1 is 1.28 bits per heavy atom. The van der Waals surface area contributed by atoms with Crippen LogP contribution in [-0.4, -0.2) is 40.1 Å². The molecule has 0 radical (unpaired) electrons. The van der Waals surface area contributed by atoms with E-state index in [9.17, 15) is 12.8 Å². The van der Waals surface area contributed by atoms with E-state index >= 15 is 0 Å². The van der Waals surface area contributed by atoms with Crippen molar-refractivity contribution in [2.45, 2.75) is 55.8 Å².